The molecule has 2 N–H and O–H groups in total. The van der Waals surface area contributed by atoms with E-state index in [1.807, 2.05) is 12.1 Å². The minimum atomic E-state index is 0.562. The van der Waals surface area contributed by atoms with Crippen molar-refractivity contribution >= 4 is 0 Å². The molecule has 1 aromatic carbocycles. The minimum Gasteiger partial charge on any atom is -0.493 e. The predicted molar refractivity (Wildman–Crippen MR) is 68.2 cm³/mol. The van der Waals surface area contributed by atoms with Crippen LogP contribution in [-0.2, 0) is 11.2 Å². The van der Waals surface area contributed by atoms with Crippen molar-refractivity contribution in [3.8, 4) is 5.75 Å². The quantitative estimate of drug-likeness (QED) is 0.820. The Morgan fingerprint density at radius 1 is 1.29 bits per heavy atom. The number of nitrogens with two attached hydrogens (primary N) is 1. The zero-order chi connectivity index (χ0) is 11.9. The van der Waals surface area contributed by atoms with Crippen molar-refractivity contribution in [2.75, 3.05) is 26.4 Å². The van der Waals surface area contributed by atoms with Gasteiger partial charge in [-0.05, 0) is 43.5 Å². The highest BCUT2D eigenvalue weighted by molar-refractivity contribution is 5.27. The molecule has 0 saturated carbocycles. The fourth-order valence-corrected chi connectivity index (χ4v) is 1.99. The third kappa shape index (κ3) is 4.02. The Labute approximate surface area is 103 Å². The van der Waals surface area contributed by atoms with Crippen molar-refractivity contribution in [3.63, 3.8) is 0 Å². The SMILES string of the molecule is NCCCc1ccc(OCC2CCOC2)cc1. The smallest absolute Gasteiger partial charge is 0.119 e. The molecule has 2 rings (SSSR count). The first-order chi connectivity index (χ1) is 8.38. The number of rotatable bonds is 6. The lowest BCUT2D eigenvalue weighted by Gasteiger charge is -2.10. The third-order valence-electron chi connectivity index (χ3n) is 3.10. The highest BCUT2D eigenvalue weighted by Crippen LogP contribution is 2.17. The summed E-state index contributed by atoms with van der Waals surface area (Å²) in [6, 6.07) is 8.33. The van der Waals surface area contributed by atoms with Gasteiger partial charge in [0.05, 0.1) is 13.2 Å². The Hall–Kier alpha value is -1.06. The first kappa shape index (κ1) is 12.4. The molecule has 0 bridgehead atoms. The molecule has 0 radical (unpaired) electrons. The van der Waals surface area contributed by atoms with Crippen LogP contribution >= 0.6 is 0 Å². The highest BCUT2D eigenvalue weighted by Gasteiger charge is 2.15. The van der Waals surface area contributed by atoms with Gasteiger partial charge in [-0.25, -0.2) is 0 Å². The summed E-state index contributed by atoms with van der Waals surface area (Å²) >= 11 is 0. The van der Waals surface area contributed by atoms with Crippen LogP contribution in [0.2, 0.25) is 0 Å². The van der Waals surface area contributed by atoms with Gasteiger partial charge in [0.1, 0.15) is 5.75 Å². The first-order valence-corrected chi connectivity index (χ1v) is 6.38. The molecule has 1 unspecified atom stereocenters. The summed E-state index contributed by atoms with van der Waals surface area (Å²) in [7, 11) is 0. The number of ether oxygens (including phenoxy) is 2. The van der Waals surface area contributed by atoms with Crippen molar-refractivity contribution in [2.45, 2.75) is 19.3 Å². The molecule has 1 heterocycles. The standard InChI is InChI=1S/C14H21NO2/c15-8-1-2-12-3-5-14(6-4-12)17-11-13-7-9-16-10-13/h3-6,13H,1-2,7-11,15H2. The molecular formula is C14H21NO2. The van der Waals surface area contributed by atoms with Gasteiger partial charge in [-0.3, -0.25) is 0 Å². The molecule has 94 valence electrons. The first-order valence-electron chi connectivity index (χ1n) is 6.38. The fraction of sp³-hybridized carbons (Fsp3) is 0.571. The Balaban J connectivity index is 1.76. The second kappa shape index (κ2) is 6.62. The summed E-state index contributed by atoms with van der Waals surface area (Å²) in [4.78, 5) is 0. The molecule has 1 fully saturated rings. The van der Waals surface area contributed by atoms with Crippen LogP contribution < -0.4 is 10.5 Å². The molecule has 0 amide bonds. The molecule has 3 nitrogen and oxygen atoms in total. The maximum absolute atomic E-state index is 5.74. The number of aryl methyl sites for hydroxylation is 1. The van der Waals surface area contributed by atoms with Crippen LogP contribution in [0.1, 0.15) is 18.4 Å². The summed E-state index contributed by atoms with van der Waals surface area (Å²) in [5.74, 6) is 1.51. The Morgan fingerprint density at radius 3 is 2.76 bits per heavy atom. The molecule has 3 heteroatoms. The van der Waals surface area contributed by atoms with E-state index < -0.39 is 0 Å². The monoisotopic (exact) mass is 235 g/mol. The largest absolute Gasteiger partial charge is 0.493 e. The fourth-order valence-electron chi connectivity index (χ4n) is 1.99. The van der Waals surface area contributed by atoms with Gasteiger partial charge in [0.15, 0.2) is 0 Å². The highest BCUT2D eigenvalue weighted by atomic mass is 16.5. The van der Waals surface area contributed by atoms with Crippen molar-refractivity contribution in [3.05, 3.63) is 29.8 Å². The molecule has 1 saturated heterocycles. The third-order valence-corrected chi connectivity index (χ3v) is 3.10. The van der Waals surface area contributed by atoms with Crippen LogP contribution in [0.25, 0.3) is 0 Å². The molecule has 0 aromatic heterocycles. The zero-order valence-corrected chi connectivity index (χ0v) is 10.2. The molecule has 17 heavy (non-hydrogen) atoms. The lowest BCUT2D eigenvalue weighted by Crippen LogP contribution is -2.11. The molecule has 1 aliphatic rings. The molecule has 1 aromatic rings. The minimum absolute atomic E-state index is 0.562. The molecular weight excluding hydrogens is 214 g/mol. The maximum Gasteiger partial charge on any atom is 0.119 e. The average molecular weight is 235 g/mol. The van der Waals surface area contributed by atoms with Gasteiger partial charge < -0.3 is 15.2 Å². The molecule has 1 aliphatic heterocycles. The van der Waals surface area contributed by atoms with Gasteiger partial charge in [-0.1, -0.05) is 12.1 Å². The van der Waals surface area contributed by atoms with Gasteiger partial charge >= 0.3 is 0 Å². The maximum atomic E-state index is 5.74. The van der Waals surface area contributed by atoms with Crippen molar-refractivity contribution in [2.24, 2.45) is 11.7 Å². The van der Waals surface area contributed by atoms with Crippen molar-refractivity contribution in [1.82, 2.24) is 0 Å². The normalized spacial score (nSPS) is 19.5. The van der Waals surface area contributed by atoms with E-state index in [4.69, 9.17) is 15.2 Å². The predicted octanol–water partition coefficient (Wildman–Crippen LogP) is 1.99. The van der Waals surface area contributed by atoms with E-state index >= 15 is 0 Å². The number of hydrogen-bond donors (Lipinski definition) is 1. The number of hydrogen-bond acceptors (Lipinski definition) is 3. The van der Waals surface area contributed by atoms with E-state index in [-0.39, 0.29) is 0 Å². The summed E-state index contributed by atoms with van der Waals surface area (Å²) < 4.78 is 11.1. The van der Waals surface area contributed by atoms with E-state index in [2.05, 4.69) is 12.1 Å². The van der Waals surface area contributed by atoms with E-state index in [0.29, 0.717) is 5.92 Å². The summed E-state index contributed by atoms with van der Waals surface area (Å²) in [5, 5.41) is 0. The zero-order valence-electron chi connectivity index (χ0n) is 10.2. The van der Waals surface area contributed by atoms with Crippen LogP contribution in [0.4, 0.5) is 0 Å². The van der Waals surface area contributed by atoms with Gasteiger partial charge in [-0.15, -0.1) is 0 Å². The van der Waals surface area contributed by atoms with Crippen molar-refractivity contribution in [1.29, 1.82) is 0 Å². The number of benzene rings is 1. The van der Waals surface area contributed by atoms with E-state index in [1.54, 1.807) is 0 Å². The van der Waals surface area contributed by atoms with Gasteiger partial charge in [0.25, 0.3) is 0 Å². The second-order valence-corrected chi connectivity index (χ2v) is 4.58. The summed E-state index contributed by atoms with van der Waals surface area (Å²) in [5.41, 5.74) is 6.81. The van der Waals surface area contributed by atoms with Crippen LogP contribution in [0, 0.1) is 5.92 Å². The van der Waals surface area contributed by atoms with Crippen LogP contribution in [-0.4, -0.2) is 26.4 Å². The van der Waals surface area contributed by atoms with Crippen molar-refractivity contribution < 1.29 is 9.47 Å². The lowest BCUT2D eigenvalue weighted by molar-refractivity contribution is 0.167. The van der Waals surface area contributed by atoms with Gasteiger partial charge in [0.2, 0.25) is 0 Å². The van der Waals surface area contributed by atoms with Gasteiger partial charge in [0, 0.05) is 12.5 Å². The molecule has 1 atom stereocenters. The van der Waals surface area contributed by atoms with E-state index in [9.17, 15) is 0 Å². The lowest BCUT2D eigenvalue weighted by atomic mass is 10.1. The second-order valence-electron chi connectivity index (χ2n) is 4.58. The summed E-state index contributed by atoms with van der Waals surface area (Å²) in [6.45, 7) is 3.24. The van der Waals surface area contributed by atoms with E-state index in [1.165, 1.54) is 5.56 Å². The molecule has 0 aliphatic carbocycles. The van der Waals surface area contributed by atoms with Crippen LogP contribution in [0.15, 0.2) is 24.3 Å². The summed E-state index contributed by atoms with van der Waals surface area (Å²) in [6.07, 6.45) is 3.21. The average Bonchev–Trinajstić information content (AvgIpc) is 2.88. The van der Waals surface area contributed by atoms with Crippen LogP contribution in [0.3, 0.4) is 0 Å². The Bertz CT molecular complexity index is 317. The van der Waals surface area contributed by atoms with Gasteiger partial charge in [-0.2, -0.15) is 0 Å². The van der Waals surface area contributed by atoms with E-state index in [0.717, 1.165) is 51.4 Å². The Kier molecular flexibility index (Phi) is 4.83. The Morgan fingerprint density at radius 2 is 2.12 bits per heavy atom. The topological polar surface area (TPSA) is 44.5 Å². The molecule has 0 spiro atoms. The van der Waals surface area contributed by atoms with Crippen LogP contribution in [0.5, 0.6) is 5.75 Å².